The zero-order valence-corrected chi connectivity index (χ0v) is 15.9. The third kappa shape index (κ3) is 4.87. The maximum absolute atomic E-state index is 12.3. The molecule has 2 aromatic carbocycles. The highest BCUT2D eigenvalue weighted by atomic mass is 79.9. The first-order valence-corrected chi connectivity index (χ1v) is 8.50. The van der Waals surface area contributed by atoms with Gasteiger partial charge in [-0.05, 0) is 59.3 Å². The minimum absolute atomic E-state index is 0.295. The van der Waals surface area contributed by atoms with E-state index in [0.29, 0.717) is 38.7 Å². The lowest BCUT2D eigenvalue weighted by atomic mass is 10.2. The van der Waals surface area contributed by atoms with Gasteiger partial charge >= 0.3 is 0 Å². The number of rotatable bonds is 5. The molecule has 8 heteroatoms. The zero-order chi connectivity index (χ0) is 18.4. The van der Waals surface area contributed by atoms with Crippen LogP contribution in [-0.4, -0.2) is 25.5 Å². The van der Waals surface area contributed by atoms with Crippen LogP contribution in [0.25, 0.3) is 0 Å². The molecule has 0 heterocycles. The van der Waals surface area contributed by atoms with Gasteiger partial charge in [0.05, 0.1) is 18.2 Å². The maximum Gasteiger partial charge on any atom is 0.269 e. The number of amides is 2. The number of hydrogen-bond acceptors (Lipinski definition) is 4. The summed E-state index contributed by atoms with van der Waals surface area (Å²) in [5.74, 6) is -0.0384. The highest BCUT2D eigenvalue weighted by molar-refractivity contribution is 9.10. The average molecular weight is 428 g/mol. The van der Waals surface area contributed by atoms with Gasteiger partial charge in [-0.2, -0.15) is 0 Å². The summed E-state index contributed by atoms with van der Waals surface area (Å²) < 4.78 is 11.3. The Morgan fingerprint density at radius 3 is 2.24 bits per heavy atom. The lowest BCUT2D eigenvalue weighted by Gasteiger charge is -2.13. The Kier molecular flexibility index (Phi) is 6.66. The molecule has 0 spiro atoms. The Hall–Kier alpha value is -2.25. The molecule has 0 aliphatic rings. The number of ether oxygens (including phenoxy) is 2. The summed E-state index contributed by atoms with van der Waals surface area (Å²) in [6.45, 7) is 2.30. The van der Waals surface area contributed by atoms with Crippen LogP contribution in [0.5, 0.6) is 11.5 Å². The van der Waals surface area contributed by atoms with E-state index in [1.54, 1.807) is 30.3 Å². The maximum atomic E-state index is 12.3. The predicted molar refractivity (Wildman–Crippen MR) is 98.2 cm³/mol. The van der Waals surface area contributed by atoms with Crippen molar-refractivity contribution in [1.82, 2.24) is 10.9 Å². The summed E-state index contributed by atoms with van der Waals surface area (Å²) in [5.41, 5.74) is 5.36. The largest absolute Gasteiger partial charge is 0.493 e. The number of hydrogen-bond donors (Lipinski definition) is 2. The number of hydrazine groups is 1. The molecule has 132 valence electrons. The third-order valence-corrected chi connectivity index (χ3v) is 4.02. The van der Waals surface area contributed by atoms with Crippen LogP contribution in [0.2, 0.25) is 5.02 Å². The van der Waals surface area contributed by atoms with Gasteiger partial charge in [-0.15, -0.1) is 0 Å². The van der Waals surface area contributed by atoms with Gasteiger partial charge in [0.1, 0.15) is 0 Å². The van der Waals surface area contributed by atoms with Crippen LogP contribution in [0.15, 0.2) is 40.9 Å². The summed E-state index contributed by atoms with van der Waals surface area (Å²) in [5, 5.41) is 0.520. The van der Waals surface area contributed by atoms with Crippen LogP contribution in [0.4, 0.5) is 0 Å². The van der Waals surface area contributed by atoms with E-state index >= 15 is 0 Å². The molecule has 25 heavy (non-hydrogen) atoms. The monoisotopic (exact) mass is 426 g/mol. The smallest absolute Gasteiger partial charge is 0.269 e. The number of methoxy groups -OCH3 is 1. The molecule has 0 aromatic heterocycles. The van der Waals surface area contributed by atoms with Gasteiger partial charge in [0.2, 0.25) is 0 Å². The molecular formula is C17H16BrClN2O4. The summed E-state index contributed by atoms with van der Waals surface area (Å²) in [6, 6.07) is 9.40. The van der Waals surface area contributed by atoms with Crippen LogP contribution in [0.1, 0.15) is 27.6 Å². The average Bonchev–Trinajstić information content (AvgIpc) is 2.61. The van der Waals surface area contributed by atoms with Gasteiger partial charge in [0.15, 0.2) is 11.5 Å². The van der Waals surface area contributed by atoms with E-state index in [2.05, 4.69) is 26.8 Å². The second-order valence-electron chi connectivity index (χ2n) is 4.84. The van der Waals surface area contributed by atoms with Crippen molar-refractivity contribution in [2.45, 2.75) is 6.92 Å². The number of carbonyl (C=O) groups is 2. The number of halogens is 2. The topological polar surface area (TPSA) is 76.7 Å². The van der Waals surface area contributed by atoms with E-state index in [1.807, 2.05) is 6.92 Å². The molecule has 2 aromatic rings. The van der Waals surface area contributed by atoms with Crippen LogP contribution >= 0.6 is 27.5 Å². The molecule has 0 saturated carbocycles. The van der Waals surface area contributed by atoms with Crippen LogP contribution in [0, 0.1) is 0 Å². The number of benzene rings is 2. The Labute approximate surface area is 158 Å². The van der Waals surface area contributed by atoms with E-state index in [9.17, 15) is 9.59 Å². The third-order valence-electron chi connectivity index (χ3n) is 3.18. The lowest BCUT2D eigenvalue weighted by Crippen LogP contribution is -2.41. The normalized spacial score (nSPS) is 10.1. The van der Waals surface area contributed by atoms with Crippen LogP contribution < -0.4 is 20.3 Å². The van der Waals surface area contributed by atoms with Crippen molar-refractivity contribution < 1.29 is 19.1 Å². The van der Waals surface area contributed by atoms with Gasteiger partial charge in [-0.3, -0.25) is 20.4 Å². The quantitative estimate of drug-likeness (QED) is 0.715. The molecule has 0 saturated heterocycles. The fraction of sp³-hybridized carbons (Fsp3) is 0.176. The Morgan fingerprint density at radius 1 is 1.08 bits per heavy atom. The van der Waals surface area contributed by atoms with Crippen molar-refractivity contribution in [1.29, 1.82) is 0 Å². The summed E-state index contributed by atoms with van der Waals surface area (Å²) in [6.07, 6.45) is 0. The fourth-order valence-electron chi connectivity index (χ4n) is 1.99. The summed E-state index contributed by atoms with van der Waals surface area (Å²) in [7, 11) is 1.48. The van der Waals surface area contributed by atoms with Gasteiger partial charge < -0.3 is 9.47 Å². The molecule has 0 atom stereocenters. The Balaban J connectivity index is 2.09. The van der Waals surface area contributed by atoms with Crippen molar-refractivity contribution in [2.24, 2.45) is 0 Å². The van der Waals surface area contributed by atoms with E-state index < -0.39 is 11.8 Å². The van der Waals surface area contributed by atoms with Crippen molar-refractivity contribution in [3.63, 3.8) is 0 Å². The van der Waals surface area contributed by atoms with Crippen molar-refractivity contribution >= 4 is 39.3 Å². The Morgan fingerprint density at radius 2 is 1.68 bits per heavy atom. The zero-order valence-electron chi connectivity index (χ0n) is 13.6. The van der Waals surface area contributed by atoms with Crippen LogP contribution in [0.3, 0.4) is 0 Å². The molecule has 0 aliphatic carbocycles. The lowest BCUT2D eigenvalue weighted by molar-refractivity contribution is 0.0846. The minimum atomic E-state index is -0.496. The standard InChI is InChI=1S/C17H16BrClN2O4/c1-3-25-15-13(18)8-11(9-14(15)24-2)17(23)21-20-16(22)10-4-6-12(19)7-5-10/h4-9H,3H2,1-2H3,(H,20,22)(H,21,23). The Bertz CT molecular complexity index is 781. The van der Waals surface area contributed by atoms with E-state index in [-0.39, 0.29) is 0 Å². The van der Waals surface area contributed by atoms with Crippen LogP contribution in [-0.2, 0) is 0 Å². The molecule has 2 rings (SSSR count). The predicted octanol–water partition coefficient (Wildman–Crippen LogP) is 3.58. The molecule has 6 nitrogen and oxygen atoms in total. The second-order valence-corrected chi connectivity index (χ2v) is 6.13. The van der Waals surface area contributed by atoms with Crippen molar-refractivity contribution in [3.8, 4) is 11.5 Å². The number of nitrogens with one attached hydrogen (secondary N) is 2. The molecule has 0 aliphatic heterocycles. The SMILES string of the molecule is CCOc1c(Br)cc(C(=O)NNC(=O)c2ccc(Cl)cc2)cc1OC. The molecule has 2 N–H and O–H groups in total. The molecule has 0 radical (unpaired) electrons. The van der Waals surface area contributed by atoms with E-state index in [0.717, 1.165) is 0 Å². The van der Waals surface area contributed by atoms with Gasteiger partial charge in [-0.25, -0.2) is 0 Å². The molecule has 2 amide bonds. The molecular weight excluding hydrogens is 412 g/mol. The van der Waals surface area contributed by atoms with Crippen molar-refractivity contribution in [2.75, 3.05) is 13.7 Å². The first kappa shape index (κ1) is 19.1. The van der Waals surface area contributed by atoms with Gasteiger partial charge in [-0.1, -0.05) is 11.6 Å². The van der Waals surface area contributed by atoms with Gasteiger partial charge in [0, 0.05) is 16.1 Å². The first-order valence-electron chi connectivity index (χ1n) is 7.32. The fourth-order valence-corrected chi connectivity index (χ4v) is 2.68. The van der Waals surface area contributed by atoms with E-state index in [1.165, 1.54) is 13.2 Å². The summed E-state index contributed by atoms with van der Waals surface area (Å²) in [4.78, 5) is 24.3. The first-order chi connectivity index (χ1) is 12.0. The molecule has 0 fully saturated rings. The molecule has 0 bridgehead atoms. The van der Waals surface area contributed by atoms with E-state index in [4.69, 9.17) is 21.1 Å². The summed E-state index contributed by atoms with van der Waals surface area (Å²) >= 11 is 9.12. The highest BCUT2D eigenvalue weighted by Gasteiger charge is 2.16. The minimum Gasteiger partial charge on any atom is -0.493 e. The molecule has 0 unspecified atom stereocenters. The second kappa shape index (κ2) is 8.73. The highest BCUT2D eigenvalue weighted by Crippen LogP contribution is 2.36. The van der Waals surface area contributed by atoms with Gasteiger partial charge in [0.25, 0.3) is 11.8 Å². The number of carbonyl (C=O) groups excluding carboxylic acids is 2. The van der Waals surface area contributed by atoms with Crippen molar-refractivity contribution in [3.05, 3.63) is 57.0 Å².